The first-order valence-electron chi connectivity index (χ1n) is 3.18. The Morgan fingerprint density at radius 1 is 1.75 bits per heavy atom. The molecule has 0 aliphatic carbocycles. The van der Waals surface area contributed by atoms with Crippen LogP contribution < -0.4 is 5.73 Å². The number of carbonyl (C=O) groups is 2. The lowest BCUT2D eigenvalue weighted by molar-refractivity contribution is 0.112. The Bertz CT molecular complexity index is 295. The fourth-order valence-corrected chi connectivity index (χ4v) is 1.43. The summed E-state index contributed by atoms with van der Waals surface area (Å²) in [7, 11) is 0. The normalized spacial score (nSPS) is 9.33. The molecule has 12 heavy (non-hydrogen) atoms. The highest BCUT2D eigenvalue weighted by Gasteiger charge is 2.04. The summed E-state index contributed by atoms with van der Waals surface area (Å²) in [6.45, 7) is 0.0624. The Morgan fingerprint density at radius 3 is 3.08 bits per heavy atom. The Labute approximate surface area is 72.9 Å². The summed E-state index contributed by atoms with van der Waals surface area (Å²) in [6, 6.07) is 1.72. The zero-order chi connectivity index (χ0) is 8.97. The van der Waals surface area contributed by atoms with Gasteiger partial charge in [-0.2, -0.15) is 0 Å². The second kappa shape index (κ2) is 3.87. The SMILES string of the molecule is NC(=O)OCc1ccsc1C=O. The van der Waals surface area contributed by atoms with Gasteiger partial charge in [-0.3, -0.25) is 4.79 Å². The number of thiophene rings is 1. The summed E-state index contributed by atoms with van der Waals surface area (Å²) in [6.07, 6.45) is -0.109. The quantitative estimate of drug-likeness (QED) is 0.718. The highest BCUT2D eigenvalue weighted by atomic mass is 32.1. The van der Waals surface area contributed by atoms with E-state index >= 15 is 0 Å². The van der Waals surface area contributed by atoms with Crippen LogP contribution in [-0.4, -0.2) is 12.4 Å². The molecule has 1 amide bonds. The van der Waals surface area contributed by atoms with Crippen molar-refractivity contribution in [1.82, 2.24) is 0 Å². The highest BCUT2D eigenvalue weighted by molar-refractivity contribution is 7.11. The molecule has 0 atom stereocenters. The third kappa shape index (κ3) is 2.06. The summed E-state index contributed by atoms with van der Waals surface area (Å²) < 4.78 is 4.52. The van der Waals surface area contributed by atoms with Crippen LogP contribution in [-0.2, 0) is 11.3 Å². The lowest BCUT2D eigenvalue weighted by Gasteiger charge is -1.98. The molecule has 1 aromatic heterocycles. The number of ether oxygens (including phenoxy) is 1. The molecule has 1 rings (SSSR count). The first-order chi connectivity index (χ1) is 5.74. The highest BCUT2D eigenvalue weighted by Crippen LogP contribution is 2.14. The molecule has 0 aliphatic rings. The summed E-state index contributed by atoms with van der Waals surface area (Å²) in [5.41, 5.74) is 5.44. The van der Waals surface area contributed by atoms with Crippen LogP contribution in [0.3, 0.4) is 0 Å². The van der Waals surface area contributed by atoms with Crippen LogP contribution in [0.1, 0.15) is 15.2 Å². The molecule has 1 aromatic rings. The van der Waals surface area contributed by atoms with E-state index in [1.165, 1.54) is 11.3 Å². The number of amides is 1. The van der Waals surface area contributed by atoms with E-state index in [4.69, 9.17) is 5.73 Å². The van der Waals surface area contributed by atoms with Gasteiger partial charge in [-0.15, -0.1) is 11.3 Å². The molecule has 0 aliphatic heterocycles. The van der Waals surface area contributed by atoms with Gasteiger partial charge in [0, 0.05) is 5.56 Å². The zero-order valence-electron chi connectivity index (χ0n) is 6.15. The number of rotatable bonds is 3. The first-order valence-corrected chi connectivity index (χ1v) is 4.06. The van der Waals surface area contributed by atoms with Crippen molar-refractivity contribution in [3.05, 3.63) is 21.9 Å². The van der Waals surface area contributed by atoms with Gasteiger partial charge >= 0.3 is 6.09 Å². The maximum atomic E-state index is 10.4. The first kappa shape index (κ1) is 8.73. The van der Waals surface area contributed by atoms with Crippen molar-refractivity contribution in [1.29, 1.82) is 0 Å². The van der Waals surface area contributed by atoms with Crippen molar-refractivity contribution in [3.63, 3.8) is 0 Å². The average Bonchev–Trinajstić information content (AvgIpc) is 2.47. The van der Waals surface area contributed by atoms with E-state index in [9.17, 15) is 9.59 Å². The molecule has 0 aromatic carbocycles. The minimum atomic E-state index is -0.835. The van der Waals surface area contributed by atoms with Crippen molar-refractivity contribution in [3.8, 4) is 0 Å². The van der Waals surface area contributed by atoms with Crippen LogP contribution in [0.25, 0.3) is 0 Å². The molecule has 64 valence electrons. The van der Waals surface area contributed by atoms with Gasteiger partial charge in [0.1, 0.15) is 6.61 Å². The Hall–Kier alpha value is -1.36. The Kier molecular flexibility index (Phi) is 2.82. The number of primary amides is 1. The summed E-state index contributed by atoms with van der Waals surface area (Å²) in [4.78, 5) is 21.1. The van der Waals surface area contributed by atoms with E-state index in [1.807, 2.05) is 0 Å². The predicted molar refractivity (Wildman–Crippen MR) is 44.1 cm³/mol. The Balaban J connectivity index is 2.62. The number of nitrogens with two attached hydrogens (primary N) is 1. The molecule has 0 bridgehead atoms. The van der Waals surface area contributed by atoms with Crippen molar-refractivity contribution in [2.45, 2.75) is 6.61 Å². The molecule has 5 heteroatoms. The average molecular weight is 185 g/mol. The van der Waals surface area contributed by atoms with Crippen LogP contribution in [0.4, 0.5) is 4.79 Å². The van der Waals surface area contributed by atoms with E-state index in [1.54, 1.807) is 11.4 Å². The van der Waals surface area contributed by atoms with Gasteiger partial charge < -0.3 is 10.5 Å². The van der Waals surface area contributed by atoms with E-state index in [-0.39, 0.29) is 6.61 Å². The van der Waals surface area contributed by atoms with Crippen LogP contribution in [0, 0.1) is 0 Å². The standard InChI is InChI=1S/C7H7NO3S/c8-7(10)11-4-5-1-2-12-6(5)3-9/h1-3H,4H2,(H2,8,10). The smallest absolute Gasteiger partial charge is 0.404 e. The molecule has 0 saturated heterocycles. The monoisotopic (exact) mass is 185 g/mol. The summed E-state index contributed by atoms with van der Waals surface area (Å²) in [5.74, 6) is 0. The van der Waals surface area contributed by atoms with E-state index in [0.29, 0.717) is 10.4 Å². The molecule has 0 saturated carbocycles. The van der Waals surface area contributed by atoms with Gasteiger partial charge in [0.15, 0.2) is 6.29 Å². The fraction of sp³-hybridized carbons (Fsp3) is 0.143. The van der Waals surface area contributed by atoms with Crippen molar-refractivity contribution < 1.29 is 14.3 Å². The molecule has 1 heterocycles. The van der Waals surface area contributed by atoms with Crippen LogP contribution >= 0.6 is 11.3 Å². The second-order valence-corrected chi connectivity index (χ2v) is 2.98. The topological polar surface area (TPSA) is 69.4 Å². The molecular weight excluding hydrogens is 178 g/mol. The fourth-order valence-electron chi connectivity index (χ4n) is 0.719. The van der Waals surface area contributed by atoms with Crippen LogP contribution in [0.15, 0.2) is 11.4 Å². The number of carbonyl (C=O) groups excluding carboxylic acids is 2. The van der Waals surface area contributed by atoms with Gasteiger partial charge in [-0.25, -0.2) is 4.79 Å². The van der Waals surface area contributed by atoms with Gasteiger partial charge in [-0.1, -0.05) is 0 Å². The van der Waals surface area contributed by atoms with E-state index < -0.39 is 6.09 Å². The van der Waals surface area contributed by atoms with Crippen molar-refractivity contribution in [2.24, 2.45) is 5.73 Å². The lowest BCUT2D eigenvalue weighted by Crippen LogP contribution is -2.12. The van der Waals surface area contributed by atoms with Gasteiger partial charge in [0.2, 0.25) is 0 Å². The summed E-state index contributed by atoms with van der Waals surface area (Å²) >= 11 is 1.30. The van der Waals surface area contributed by atoms with Crippen molar-refractivity contribution >= 4 is 23.7 Å². The molecule has 2 N–H and O–H groups in total. The summed E-state index contributed by atoms with van der Waals surface area (Å²) in [5, 5.41) is 1.75. The maximum absolute atomic E-state index is 10.4. The minimum absolute atomic E-state index is 0.0624. The second-order valence-electron chi connectivity index (χ2n) is 2.04. The maximum Gasteiger partial charge on any atom is 0.404 e. The molecular formula is C7H7NO3S. The van der Waals surface area contributed by atoms with Crippen molar-refractivity contribution in [2.75, 3.05) is 0 Å². The third-order valence-electron chi connectivity index (χ3n) is 1.26. The molecule has 0 unspecified atom stereocenters. The Morgan fingerprint density at radius 2 is 2.50 bits per heavy atom. The van der Waals surface area contributed by atoms with Crippen LogP contribution in [0.2, 0.25) is 0 Å². The third-order valence-corrected chi connectivity index (χ3v) is 2.14. The largest absolute Gasteiger partial charge is 0.445 e. The number of aldehydes is 1. The molecule has 0 fully saturated rings. The molecule has 4 nitrogen and oxygen atoms in total. The van der Waals surface area contributed by atoms with E-state index in [2.05, 4.69) is 4.74 Å². The van der Waals surface area contributed by atoms with Crippen LogP contribution in [0.5, 0.6) is 0 Å². The lowest BCUT2D eigenvalue weighted by atomic mass is 10.3. The van der Waals surface area contributed by atoms with Gasteiger partial charge in [-0.05, 0) is 11.4 Å². The van der Waals surface area contributed by atoms with E-state index in [0.717, 1.165) is 6.29 Å². The predicted octanol–water partition coefficient (Wildman–Crippen LogP) is 1.16. The molecule has 0 radical (unpaired) electrons. The van der Waals surface area contributed by atoms with Gasteiger partial charge in [0.25, 0.3) is 0 Å². The number of hydrogen-bond acceptors (Lipinski definition) is 4. The molecule has 0 spiro atoms. The minimum Gasteiger partial charge on any atom is -0.445 e. The van der Waals surface area contributed by atoms with Gasteiger partial charge in [0.05, 0.1) is 4.88 Å². The zero-order valence-corrected chi connectivity index (χ0v) is 6.97. The number of hydrogen-bond donors (Lipinski definition) is 1.